The van der Waals surface area contributed by atoms with E-state index in [-0.39, 0.29) is 0 Å². The van der Waals surface area contributed by atoms with Crippen LogP contribution in [0.25, 0.3) is 10.1 Å². The van der Waals surface area contributed by atoms with E-state index >= 15 is 0 Å². The van der Waals surface area contributed by atoms with Crippen molar-refractivity contribution in [2.24, 2.45) is 0 Å². The van der Waals surface area contributed by atoms with Crippen molar-refractivity contribution >= 4 is 55.8 Å². The predicted molar refractivity (Wildman–Crippen MR) is 71.1 cm³/mol. The lowest BCUT2D eigenvalue weighted by Gasteiger charge is -2.01. The van der Waals surface area contributed by atoms with E-state index in [1.54, 1.807) is 0 Å². The number of benzene rings is 1. The van der Waals surface area contributed by atoms with Crippen LogP contribution in [0.4, 0.5) is 0 Å². The molecule has 1 aromatic heterocycles. The summed E-state index contributed by atoms with van der Waals surface area (Å²) in [6.07, 6.45) is 2.14. The van der Waals surface area contributed by atoms with Gasteiger partial charge in [0.1, 0.15) is 0 Å². The summed E-state index contributed by atoms with van der Waals surface area (Å²) >= 11 is 6.11. The Hall–Kier alpha value is 0.260. The van der Waals surface area contributed by atoms with Crippen molar-refractivity contribution < 1.29 is 0 Å². The van der Waals surface area contributed by atoms with Crippen LogP contribution in [0.1, 0.15) is 5.56 Å². The minimum atomic E-state index is 1.38. The van der Waals surface area contributed by atoms with Gasteiger partial charge >= 0.3 is 0 Å². The van der Waals surface area contributed by atoms with Gasteiger partial charge in [0.25, 0.3) is 0 Å². The second-order valence-electron chi connectivity index (χ2n) is 2.87. The van der Waals surface area contributed by atoms with Crippen LogP contribution in [-0.2, 0) is 0 Å². The highest BCUT2D eigenvalue weighted by molar-refractivity contribution is 14.1. The molecule has 68 valence electrons. The van der Waals surface area contributed by atoms with Gasteiger partial charge in [-0.25, -0.2) is 0 Å². The fourth-order valence-electron chi connectivity index (χ4n) is 1.32. The molecule has 0 atom stereocenters. The highest BCUT2D eigenvalue weighted by atomic mass is 127. The van der Waals surface area contributed by atoms with E-state index < -0.39 is 0 Å². The lowest BCUT2D eigenvalue weighted by Crippen LogP contribution is -1.80. The first kappa shape index (κ1) is 9.80. The van der Waals surface area contributed by atoms with Crippen molar-refractivity contribution in [3.63, 3.8) is 0 Å². The van der Waals surface area contributed by atoms with Crippen molar-refractivity contribution in [3.8, 4) is 0 Å². The van der Waals surface area contributed by atoms with Gasteiger partial charge in [-0.2, -0.15) is 0 Å². The Morgan fingerprint density at radius 1 is 1.38 bits per heavy atom. The fraction of sp³-hybridized carbons (Fsp3) is 0.200. The van der Waals surface area contributed by atoms with Crippen LogP contribution in [0.15, 0.2) is 22.4 Å². The zero-order chi connectivity index (χ0) is 9.42. The van der Waals surface area contributed by atoms with Crippen LogP contribution in [-0.4, -0.2) is 6.26 Å². The second-order valence-corrected chi connectivity index (χ2v) is 5.71. The summed E-state index contributed by atoms with van der Waals surface area (Å²) in [6.45, 7) is 2.17. The molecule has 0 N–H and O–H groups in total. The first-order chi connectivity index (χ1) is 6.24. The van der Waals surface area contributed by atoms with Crippen molar-refractivity contribution in [1.82, 2.24) is 0 Å². The molecule has 0 bridgehead atoms. The summed E-state index contributed by atoms with van der Waals surface area (Å²) in [6, 6.07) is 4.42. The quantitative estimate of drug-likeness (QED) is 0.549. The minimum Gasteiger partial charge on any atom is -0.143 e. The van der Waals surface area contributed by atoms with E-state index in [1.165, 1.54) is 24.1 Å². The first-order valence-electron chi connectivity index (χ1n) is 3.94. The third-order valence-electron chi connectivity index (χ3n) is 2.06. The number of fused-ring (bicyclic) bond motifs is 1. The Morgan fingerprint density at radius 3 is 2.85 bits per heavy atom. The summed E-state index contributed by atoms with van der Waals surface area (Å²) in [5.41, 5.74) is 1.38. The Kier molecular flexibility index (Phi) is 2.86. The molecule has 1 aromatic carbocycles. The van der Waals surface area contributed by atoms with Gasteiger partial charge in [-0.1, -0.05) is 6.07 Å². The average Bonchev–Trinajstić information content (AvgIpc) is 2.55. The molecule has 2 rings (SSSR count). The SMILES string of the molecule is CSc1csc2ccc(C)c(I)c12. The third-order valence-corrected chi connectivity index (χ3v) is 5.30. The standard InChI is InChI=1S/C10H9IS2/c1-6-3-4-7-9(10(6)11)8(12-2)5-13-7/h3-5H,1-2H3. The molecule has 0 fully saturated rings. The highest BCUT2D eigenvalue weighted by Crippen LogP contribution is 2.36. The van der Waals surface area contributed by atoms with Crippen molar-refractivity contribution in [2.75, 3.05) is 6.26 Å². The van der Waals surface area contributed by atoms with Crippen LogP contribution in [0.3, 0.4) is 0 Å². The molecule has 0 nitrogen and oxygen atoms in total. The van der Waals surface area contributed by atoms with Crippen LogP contribution in [0.5, 0.6) is 0 Å². The Labute approximate surface area is 99.9 Å². The molecule has 0 unspecified atom stereocenters. The summed E-state index contributed by atoms with van der Waals surface area (Å²) in [4.78, 5) is 1.41. The predicted octanol–water partition coefficient (Wildman–Crippen LogP) is 4.54. The maximum atomic E-state index is 2.44. The monoisotopic (exact) mass is 320 g/mol. The first-order valence-corrected chi connectivity index (χ1v) is 7.12. The van der Waals surface area contributed by atoms with Gasteiger partial charge in [0, 0.05) is 23.9 Å². The maximum absolute atomic E-state index is 2.44. The Bertz CT molecular complexity index is 445. The number of hydrogen-bond donors (Lipinski definition) is 0. The molecule has 2 aromatic rings. The molecule has 3 heteroatoms. The lowest BCUT2D eigenvalue weighted by molar-refractivity contribution is 1.46. The number of thioether (sulfide) groups is 1. The van der Waals surface area contributed by atoms with Crippen LogP contribution < -0.4 is 0 Å². The minimum absolute atomic E-state index is 1.38. The van der Waals surface area contributed by atoms with Gasteiger partial charge in [0.2, 0.25) is 0 Å². The van der Waals surface area contributed by atoms with E-state index in [4.69, 9.17) is 0 Å². The molecule has 0 radical (unpaired) electrons. The molecule has 0 aliphatic heterocycles. The molecule has 0 saturated heterocycles. The van der Waals surface area contributed by atoms with Gasteiger partial charge in [0.05, 0.1) is 0 Å². The summed E-state index contributed by atoms with van der Waals surface area (Å²) in [5, 5.41) is 3.69. The van der Waals surface area contributed by atoms with E-state index in [0.29, 0.717) is 0 Å². The molecular weight excluding hydrogens is 311 g/mol. The van der Waals surface area contributed by atoms with Gasteiger partial charge < -0.3 is 0 Å². The van der Waals surface area contributed by atoms with Gasteiger partial charge in [-0.3, -0.25) is 0 Å². The average molecular weight is 320 g/mol. The largest absolute Gasteiger partial charge is 0.143 e. The molecule has 0 amide bonds. The van der Waals surface area contributed by atoms with Crippen molar-refractivity contribution in [3.05, 3.63) is 26.6 Å². The molecule has 0 aliphatic carbocycles. The summed E-state index contributed by atoms with van der Waals surface area (Å²) < 4.78 is 2.81. The molecule has 0 spiro atoms. The van der Waals surface area contributed by atoms with Crippen LogP contribution in [0, 0.1) is 10.5 Å². The molecule has 1 heterocycles. The summed E-state index contributed by atoms with van der Waals surface area (Å²) in [5.74, 6) is 0. The molecule has 13 heavy (non-hydrogen) atoms. The Morgan fingerprint density at radius 2 is 2.15 bits per heavy atom. The van der Waals surface area contributed by atoms with Gasteiger partial charge in [-0.15, -0.1) is 23.1 Å². The van der Waals surface area contributed by atoms with Gasteiger partial charge in [0.15, 0.2) is 0 Å². The highest BCUT2D eigenvalue weighted by Gasteiger charge is 2.07. The number of rotatable bonds is 1. The van der Waals surface area contributed by atoms with E-state index in [1.807, 2.05) is 23.1 Å². The van der Waals surface area contributed by atoms with Crippen LogP contribution >= 0.6 is 45.7 Å². The zero-order valence-electron chi connectivity index (χ0n) is 7.43. The number of thiophene rings is 1. The fourth-order valence-corrected chi connectivity index (χ4v) is 4.28. The van der Waals surface area contributed by atoms with E-state index in [2.05, 4.69) is 53.3 Å². The van der Waals surface area contributed by atoms with E-state index in [0.717, 1.165) is 0 Å². The number of hydrogen-bond acceptors (Lipinski definition) is 2. The van der Waals surface area contributed by atoms with Gasteiger partial charge in [-0.05, 0) is 47.4 Å². The maximum Gasteiger partial charge on any atom is 0.0365 e. The lowest BCUT2D eigenvalue weighted by atomic mass is 10.2. The van der Waals surface area contributed by atoms with Crippen molar-refractivity contribution in [2.45, 2.75) is 11.8 Å². The van der Waals surface area contributed by atoms with Crippen LogP contribution in [0.2, 0.25) is 0 Å². The van der Waals surface area contributed by atoms with Crippen molar-refractivity contribution in [1.29, 1.82) is 0 Å². The third kappa shape index (κ3) is 1.62. The molecule has 0 saturated carbocycles. The Balaban J connectivity index is 2.85. The van der Waals surface area contributed by atoms with E-state index in [9.17, 15) is 0 Å². The molecule has 0 aliphatic rings. The molecular formula is C10H9IS2. The second kappa shape index (κ2) is 3.79. The number of halogens is 1. The normalized spacial score (nSPS) is 11.0. The smallest absolute Gasteiger partial charge is 0.0365 e. The number of aryl methyl sites for hydroxylation is 1. The topological polar surface area (TPSA) is 0 Å². The summed E-state index contributed by atoms with van der Waals surface area (Å²) in [7, 11) is 0. The zero-order valence-corrected chi connectivity index (χ0v) is 11.2.